The van der Waals surface area contributed by atoms with Crippen molar-refractivity contribution in [2.24, 2.45) is 5.73 Å². The molecule has 80 valence electrons. The maximum absolute atomic E-state index is 10.0. The molecule has 0 saturated heterocycles. The molecule has 0 rings (SSSR count). The summed E-state index contributed by atoms with van der Waals surface area (Å²) in [6.07, 6.45) is -4.43. The van der Waals surface area contributed by atoms with Crippen molar-refractivity contribution in [2.45, 2.75) is 24.4 Å². The Balaban J connectivity index is 0. The van der Waals surface area contributed by atoms with E-state index in [4.69, 9.17) is 26.2 Å². The predicted molar refractivity (Wildman–Crippen MR) is 46.4 cm³/mol. The Labute approximate surface area is 81.4 Å². The first-order valence-corrected chi connectivity index (χ1v) is 3.40. The minimum Gasteiger partial charge on any atom is -0.394 e. The van der Waals surface area contributed by atoms with Crippen LogP contribution < -0.4 is 5.73 Å². The van der Waals surface area contributed by atoms with Gasteiger partial charge in [0.25, 0.3) is 0 Å². The molecule has 0 aliphatic rings. The Hall–Kier alpha value is -0.240. The van der Waals surface area contributed by atoms with Crippen LogP contribution in [0.1, 0.15) is 0 Å². The van der Waals surface area contributed by atoms with Crippen LogP contribution in [-0.2, 0) is 4.79 Å². The number of aldehydes is 1. The van der Waals surface area contributed by atoms with Gasteiger partial charge in [0.15, 0.2) is 0 Å². The number of carbonyl (C=O) groups is 1. The molecule has 0 amide bonds. The van der Waals surface area contributed by atoms with Crippen LogP contribution in [0.3, 0.4) is 0 Å². The number of halogens is 1. The molecule has 6 N–H and O–H groups in total. The molecule has 0 spiro atoms. The van der Waals surface area contributed by atoms with Crippen molar-refractivity contribution in [2.75, 3.05) is 6.61 Å². The normalized spacial score (nSPS) is 19.5. The molecule has 0 fully saturated rings. The van der Waals surface area contributed by atoms with E-state index in [1.165, 1.54) is 0 Å². The van der Waals surface area contributed by atoms with Gasteiger partial charge >= 0.3 is 0 Å². The van der Waals surface area contributed by atoms with Gasteiger partial charge in [-0.3, -0.25) is 0 Å². The topological polar surface area (TPSA) is 124 Å². The lowest BCUT2D eigenvalue weighted by Gasteiger charge is -2.23. The first-order chi connectivity index (χ1) is 5.54. The summed E-state index contributed by atoms with van der Waals surface area (Å²) in [6.45, 7) is -0.705. The first kappa shape index (κ1) is 15.2. The highest BCUT2D eigenvalue weighted by Gasteiger charge is 2.28. The molecule has 4 atom stereocenters. The Kier molecular flexibility index (Phi) is 8.43. The maximum atomic E-state index is 10.0. The van der Waals surface area contributed by atoms with E-state index >= 15 is 0 Å². The van der Waals surface area contributed by atoms with Crippen LogP contribution >= 0.6 is 12.4 Å². The zero-order chi connectivity index (χ0) is 9.72. The van der Waals surface area contributed by atoms with E-state index in [0.29, 0.717) is 0 Å². The monoisotopic (exact) mass is 215 g/mol. The Morgan fingerprint density at radius 3 is 2.00 bits per heavy atom. The lowest BCUT2D eigenvalue weighted by Crippen LogP contribution is -2.49. The molecule has 0 bridgehead atoms. The Bertz CT molecular complexity index is 147. The van der Waals surface area contributed by atoms with Crippen LogP contribution in [0.5, 0.6) is 0 Å². The van der Waals surface area contributed by atoms with Crippen molar-refractivity contribution in [3.05, 3.63) is 0 Å². The van der Waals surface area contributed by atoms with E-state index in [-0.39, 0.29) is 18.7 Å². The highest BCUT2D eigenvalue weighted by Crippen LogP contribution is 2.01. The van der Waals surface area contributed by atoms with Crippen molar-refractivity contribution in [1.29, 1.82) is 0 Å². The van der Waals surface area contributed by atoms with E-state index in [2.05, 4.69) is 0 Å². The van der Waals surface area contributed by atoms with Crippen molar-refractivity contribution in [1.82, 2.24) is 0 Å². The number of nitrogens with two attached hydrogens (primary N) is 1. The molecule has 0 heterocycles. The second-order valence-corrected chi connectivity index (χ2v) is 2.44. The third kappa shape index (κ3) is 4.51. The molecule has 0 aromatic carbocycles. The second kappa shape index (κ2) is 7.19. The SMILES string of the molecule is Cl.N[C@@H](C=O)[C@H](O)[C@@H](O)[C@H](O)CO. The van der Waals surface area contributed by atoms with Crippen molar-refractivity contribution in [3.8, 4) is 0 Å². The van der Waals surface area contributed by atoms with E-state index < -0.39 is 31.0 Å². The van der Waals surface area contributed by atoms with Crippen molar-refractivity contribution >= 4 is 18.7 Å². The summed E-state index contributed by atoms with van der Waals surface area (Å²) in [5, 5.41) is 35.2. The lowest BCUT2D eigenvalue weighted by atomic mass is 10.0. The first-order valence-electron chi connectivity index (χ1n) is 3.40. The van der Waals surface area contributed by atoms with Gasteiger partial charge in [0.05, 0.1) is 12.6 Å². The third-order valence-corrected chi connectivity index (χ3v) is 1.48. The van der Waals surface area contributed by atoms with Gasteiger partial charge in [-0.2, -0.15) is 0 Å². The summed E-state index contributed by atoms with van der Waals surface area (Å²) >= 11 is 0. The van der Waals surface area contributed by atoms with Gasteiger partial charge < -0.3 is 31.0 Å². The maximum Gasteiger partial charge on any atom is 0.139 e. The summed E-state index contributed by atoms with van der Waals surface area (Å²) < 4.78 is 0. The number of rotatable bonds is 5. The molecule has 7 heteroatoms. The van der Waals surface area contributed by atoms with Crippen LogP contribution in [0.25, 0.3) is 0 Å². The standard InChI is InChI=1S/C6H13NO5.ClH/c7-3(1-8)5(11)6(12)4(10)2-9;/h1,3-6,9-12H,2,7H2;1H/t3-,4+,5-,6-;/m0./s1. The zero-order valence-electron chi connectivity index (χ0n) is 6.78. The van der Waals surface area contributed by atoms with E-state index in [9.17, 15) is 4.79 Å². The summed E-state index contributed by atoms with van der Waals surface area (Å²) in [7, 11) is 0. The van der Waals surface area contributed by atoms with Gasteiger partial charge in [-0.05, 0) is 0 Å². The molecule has 0 unspecified atom stereocenters. The highest BCUT2D eigenvalue weighted by atomic mass is 35.5. The van der Waals surface area contributed by atoms with E-state index in [1.807, 2.05) is 0 Å². The fourth-order valence-electron chi connectivity index (χ4n) is 0.644. The van der Waals surface area contributed by atoms with Gasteiger partial charge in [0, 0.05) is 0 Å². The summed E-state index contributed by atoms with van der Waals surface area (Å²) in [5.41, 5.74) is 5.04. The zero-order valence-corrected chi connectivity index (χ0v) is 7.59. The van der Waals surface area contributed by atoms with Gasteiger partial charge in [0.2, 0.25) is 0 Å². The highest BCUT2D eigenvalue weighted by molar-refractivity contribution is 5.85. The summed E-state index contributed by atoms with van der Waals surface area (Å²) in [5.74, 6) is 0. The molecular formula is C6H14ClNO5. The molecule has 0 saturated carbocycles. The minimum atomic E-state index is -1.62. The minimum absolute atomic E-state index is 0. The quantitative estimate of drug-likeness (QED) is 0.312. The fraction of sp³-hybridized carbons (Fsp3) is 0.833. The van der Waals surface area contributed by atoms with Crippen LogP contribution in [0.15, 0.2) is 0 Å². The van der Waals surface area contributed by atoms with E-state index in [1.54, 1.807) is 0 Å². The predicted octanol–water partition coefficient (Wildman–Crippen LogP) is -2.99. The number of aliphatic hydroxyl groups excluding tert-OH is 4. The average Bonchev–Trinajstić information content (AvgIpc) is 2.12. The molecule has 0 aliphatic carbocycles. The van der Waals surface area contributed by atoms with Gasteiger partial charge in [-0.25, -0.2) is 0 Å². The van der Waals surface area contributed by atoms with E-state index in [0.717, 1.165) is 0 Å². The molecule has 0 aromatic rings. The van der Waals surface area contributed by atoms with Crippen LogP contribution in [0.4, 0.5) is 0 Å². The lowest BCUT2D eigenvalue weighted by molar-refractivity contribution is -0.118. The van der Waals surface area contributed by atoms with Crippen molar-refractivity contribution in [3.63, 3.8) is 0 Å². The molecule has 0 aliphatic heterocycles. The van der Waals surface area contributed by atoms with Crippen LogP contribution in [0.2, 0.25) is 0 Å². The molecule has 0 aromatic heterocycles. The molecular weight excluding hydrogens is 202 g/mol. The van der Waals surface area contributed by atoms with Gasteiger partial charge in [-0.15, -0.1) is 12.4 Å². The number of aliphatic hydroxyl groups is 4. The largest absolute Gasteiger partial charge is 0.394 e. The van der Waals surface area contributed by atoms with Gasteiger partial charge in [-0.1, -0.05) is 0 Å². The number of hydrogen-bond donors (Lipinski definition) is 5. The van der Waals surface area contributed by atoms with Crippen LogP contribution in [0, 0.1) is 0 Å². The fourth-order valence-corrected chi connectivity index (χ4v) is 0.644. The van der Waals surface area contributed by atoms with Crippen LogP contribution in [-0.4, -0.2) is 57.7 Å². The third-order valence-electron chi connectivity index (χ3n) is 1.48. The number of hydrogen-bond acceptors (Lipinski definition) is 6. The van der Waals surface area contributed by atoms with Gasteiger partial charge in [0.1, 0.15) is 24.6 Å². The molecule has 0 radical (unpaired) electrons. The molecule has 13 heavy (non-hydrogen) atoms. The number of carbonyl (C=O) groups excluding carboxylic acids is 1. The summed E-state index contributed by atoms with van der Waals surface area (Å²) in [4.78, 5) is 10.0. The summed E-state index contributed by atoms with van der Waals surface area (Å²) in [6, 6.07) is -1.26. The van der Waals surface area contributed by atoms with Crippen molar-refractivity contribution < 1.29 is 25.2 Å². The average molecular weight is 216 g/mol. The molecule has 6 nitrogen and oxygen atoms in total. The Morgan fingerprint density at radius 2 is 1.69 bits per heavy atom. The Morgan fingerprint density at radius 1 is 1.23 bits per heavy atom. The second-order valence-electron chi connectivity index (χ2n) is 2.44. The smallest absolute Gasteiger partial charge is 0.139 e.